The summed E-state index contributed by atoms with van der Waals surface area (Å²) in [5.41, 5.74) is 8.05. The summed E-state index contributed by atoms with van der Waals surface area (Å²) in [6.07, 6.45) is -1.50. The molecule has 1 aliphatic rings. The third-order valence-electron chi connectivity index (χ3n) is 11.9. The first-order valence-electron chi connectivity index (χ1n) is 24.1. The molecule has 8 heterocycles. The maximum atomic E-state index is 14.2. The minimum Gasteiger partial charge on any atom is -0.386 e. The number of amides is 5. The molecule has 10 bridgehead atoms. The highest BCUT2D eigenvalue weighted by atomic mass is 32.2. The Balaban J connectivity index is 1.13. The minimum atomic E-state index is -3.76. The fourth-order valence-corrected chi connectivity index (χ4v) is 14.4. The number of hydrogen-bond acceptors (Lipinski definition) is 23. The van der Waals surface area contributed by atoms with E-state index in [-0.39, 0.29) is 59.2 Å². The first kappa shape index (κ1) is 56.8. The van der Waals surface area contributed by atoms with Crippen LogP contribution in [0.2, 0.25) is 0 Å². The van der Waals surface area contributed by atoms with E-state index in [1.165, 1.54) is 48.2 Å². The third kappa shape index (κ3) is 13.1. The number of thiazole rings is 6. The Labute approximate surface area is 476 Å². The lowest BCUT2D eigenvalue weighted by atomic mass is 10.0. The lowest BCUT2D eigenvalue weighted by Crippen LogP contribution is -2.40. The standard InChI is InChI=1S/C49H50N14O9S7/c1-22(2)35-49-62-38(31(78-49)17-72-5)42(68)52-16-34(65)59-39(40(66)24-9-7-6-8-10-24)48-57-30(20-75-48)46-55-28(18-74-46)37-25(11-12-26(53-37)45-58-32(21-76-45)63-79(70,71)14-13-50)44-56-29(19-73-44)41(67)54-27(15-33(64)51-4)47-61-36(23(3)77-47)43(69)60-35/h6-12,18-22,27,35,39-40,63,66H,13-17,50H2,1-5H3,(H,51,64)(H,52,68)(H,54,67)(H,59,65)(H,60,69)/t27-,35-,39-,40-/m0/s1. The number of nitrogens with one attached hydrogen (secondary N) is 6. The maximum Gasteiger partial charge on any atom is 0.271 e. The van der Waals surface area contributed by atoms with E-state index in [0.29, 0.717) is 68.7 Å². The first-order chi connectivity index (χ1) is 37.9. The van der Waals surface area contributed by atoms with Gasteiger partial charge in [-0.3, -0.25) is 28.7 Å². The van der Waals surface area contributed by atoms with Crippen LogP contribution >= 0.6 is 68.0 Å². The fourth-order valence-electron chi connectivity index (χ4n) is 8.00. The Morgan fingerprint density at radius 2 is 1.46 bits per heavy atom. The van der Waals surface area contributed by atoms with Crippen LogP contribution in [0.1, 0.15) is 106 Å². The van der Waals surface area contributed by atoms with Crippen LogP contribution in [0.5, 0.6) is 0 Å². The van der Waals surface area contributed by atoms with Crippen LogP contribution in [0.4, 0.5) is 5.82 Å². The largest absolute Gasteiger partial charge is 0.386 e. The number of aryl methyl sites for hydroxylation is 1. The second kappa shape index (κ2) is 24.7. The van der Waals surface area contributed by atoms with Gasteiger partial charge in [0.25, 0.3) is 17.7 Å². The van der Waals surface area contributed by atoms with Gasteiger partial charge >= 0.3 is 0 Å². The van der Waals surface area contributed by atoms with Crippen molar-refractivity contribution in [2.45, 2.75) is 58.0 Å². The number of carbonyl (C=O) groups is 5. The van der Waals surface area contributed by atoms with E-state index < -0.39 is 70.3 Å². The van der Waals surface area contributed by atoms with Crippen molar-refractivity contribution in [2.75, 3.05) is 37.7 Å². The lowest BCUT2D eigenvalue weighted by molar-refractivity contribution is -0.122. The monoisotopic (exact) mass is 1200 g/mol. The molecule has 7 aromatic heterocycles. The van der Waals surface area contributed by atoms with Gasteiger partial charge in [-0.2, -0.15) is 0 Å². The highest BCUT2D eigenvalue weighted by Crippen LogP contribution is 2.40. The van der Waals surface area contributed by atoms with Crippen molar-refractivity contribution in [3.63, 3.8) is 0 Å². The molecule has 4 atom stereocenters. The summed E-state index contributed by atoms with van der Waals surface area (Å²) in [5, 5.41) is 34.7. The number of anilines is 1. The molecule has 9 rings (SSSR count). The van der Waals surface area contributed by atoms with Gasteiger partial charge < -0.3 is 42.2 Å². The molecule has 23 nitrogen and oxygen atoms in total. The molecule has 0 unspecified atom stereocenters. The summed E-state index contributed by atoms with van der Waals surface area (Å²) < 4.78 is 33.0. The highest BCUT2D eigenvalue weighted by Gasteiger charge is 2.33. The Morgan fingerprint density at radius 1 is 0.747 bits per heavy atom. The number of aliphatic hydroxyl groups is 1. The lowest BCUT2D eigenvalue weighted by Gasteiger charge is -2.23. The Bertz CT molecular complexity index is 3660. The number of ether oxygens (including phenoxy) is 1. The average molecular weight is 1200 g/mol. The number of sulfonamides is 1. The first-order valence-corrected chi connectivity index (χ1v) is 30.9. The zero-order chi connectivity index (χ0) is 56.1. The molecular formula is C49H50N14O9S7. The van der Waals surface area contributed by atoms with Crippen molar-refractivity contribution in [3.05, 3.63) is 111 Å². The number of aromatic nitrogens is 7. The van der Waals surface area contributed by atoms with Crippen LogP contribution in [-0.4, -0.2) is 111 Å². The molecule has 9 N–H and O–H groups in total. The molecule has 1 aliphatic heterocycles. The van der Waals surface area contributed by atoms with Gasteiger partial charge in [0.2, 0.25) is 21.8 Å². The van der Waals surface area contributed by atoms with Gasteiger partial charge in [0, 0.05) is 52.7 Å². The predicted octanol–water partition coefficient (Wildman–Crippen LogP) is 6.01. The topological polar surface area (TPSA) is 337 Å². The normalized spacial score (nSPS) is 16.8. The third-order valence-corrected chi connectivity index (χ3v) is 18.9. The smallest absolute Gasteiger partial charge is 0.271 e. The number of benzene rings is 1. The van der Waals surface area contributed by atoms with Gasteiger partial charge in [-0.15, -0.1) is 68.0 Å². The van der Waals surface area contributed by atoms with E-state index in [1.54, 1.807) is 70.9 Å². The maximum absolute atomic E-state index is 14.2. The number of methoxy groups -OCH3 is 1. The predicted molar refractivity (Wildman–Crippen MR) is 303 cm³/mol. The Morgan fingerprint density at radius 3 is 2.20 bits per heavy atom. The number of rotatable bonds is 12. The van der Waals surface area contributed by atoms with Crippen LogP contribution in [0.25, 0.3) is 43.4 Å². The summed E-state index contributed by atoms with van der Waals surface area (Å²) in [4.78, 5) is 104. The summed E-state index contributed by atoms with van der Waals surface area (Å²) in [6.45, 7) is 4.86. The van der Waals surface area contributed by atoms with Crippen LogP contribution in [0.15, 0.2) is 64.0 Å². The zero-order valence-corrected chi connectivity index (χ0v) is 48.3. The zero-order valence-electron chi connectivity index (χ0n) is 42.6. The van der Waals surface area contributed by atoms with Crippen LogP contribution in [0, 0.1) is 12.8 Å². The SMILES string of the molecule is CNC(=O)C[C@@H]1NC(=O)c2csc(n2)-c2ccc(-c3nc(NS(=O)(=O)CCN)cs3)nc2-c2csc(n2)-c2csc(n2)[C@H]([C@@H](O)c2ccccc2)NC(=O)CNC(=O)c2nc(sc2COC)[C@H](C(C)C)NC(=O)c2nc1sc2C. The summed E-state index contributed by atoms with van der Waals surface area (Å²) in [5.74, 6) is -3.38. The molecule has 5 amide bonds. The van der Waals surface area contributed by atoms with E-state index in [1.807, 2.05) is 13.8 Å². The molecular weight excluding hydrogens is 1150 g/mol. The number of hydrogen-bond donors (Lipinski definition) is 8. The van der Waals surface area contributed by atoms with Crippen molar-refractivity contribution in [1.29, 1.82) is 0 Å². The van der Waals surface area contributed by atoms with Crippen LogP contribution < -0.4 is 37.0 Å². The van der Waals surface area contributed by atoms with Gasteiger partial charge in [-0.1, -0.05) is 44.2 Å². The van der Waals surface area contributed by atoms with E-state index in [0.717, 1.165) is 34.0 Å². The summed E-state index contributed by atoms with van der Waals surface area (Å²) in [7, 11) is -0.829. The second-order valence-corrected chi connectivity index (χ2v) is 25.5. The van der Waals surface area contributed by atoms with Gasteiger partial charge in [0.1, 0.15) is 76.4 Å². The van der Waals surface area contributed by atoms with E-state index in [9.17, 15) is 37.5 Å². The second-order valence-electron chi connectivity index (χ2n) is 17.9. The number of carbonyl (C=O) groups excluding carboxylic acids is 5. The van der Waals surface area contributed by atoms with Crippen molar-refractivity contribution in [2.24, 2.45) is 11.7 Å². The number of nitrogens with zero attached hydrogens (tertiary/aromatic N) is 7. The van der Waals surface area contributed by atoms with Crippen molar-refractivity contribution < 1.29 is 42.2 Å². The Hall–Kier alpha value is -6.87. The molecule has 30 heteroatoms. The molecule has 79 heavy (non-hydrogen) atoms. The molecule has 0 radical (unpaired) electrons. The van der Waals surface area contributed by atoms with Crippen molar-refractivity contribution in [1.82, 2.24) is 61.5 Å². The quantitative estimate of drug-likeness (QED) is 0.0694. The number of nitrogens with two attached hydrogens (primary N) is 1. The summed E-state index contributed by atoms with van der Waals surface area (Å²) in [6, 6.07) is 9.37. The number of pyridine rings is 1. The Kier molecular flexibility index (Phi) is 17.7. The van der Waals surface area contributed by atoms with Gasteiger partial charge in [-0.25, -0.2) is 43.3 Å². The molecule has 0 saturated heterocycles. The molecule has 0 fully saturated rings. The van der Waals surface area contributed by atoms with Crippen molar-refractivity contribution >= 4 is 113 Å². The molecule has 1 aromatic carbocycles. The summed E-state index contributed by atoms with van der Waals surface area (Å²) >= 11 is 7.04. The molecule has 0 spiro atoms. The van der Waals surface area contributed by atoms with Gasteiger partial charge in [-0.05, 0) is 30.5 Å². The molecule has 0 saturated carbocycles. The molecule has 8 aromatic rings. The number of fused-ring (bicyclic) bond motifs is 14. The molecule has 0 aliphatic carbocycles. The van der Waals surface area contributed by atoms with Gasteiger partial charge in [0.05, 0.1) is 48.0 Å². The van der Waals surface area contributed by atoms with E-state index in [4.69, 9.17) is 30.4 Å². The van der Waals surface area contributed by atoms with E-state index >= 15 is 0 Å². The minimum absolute atomic E-state index is 0.000405. The highest BCUT2D eigenvalue weighted by molar-refractivity contribution is 7.92. The van der Waals surface area contributed by atoms with Gasteiger partial charge in [0.15, 0.2) is 5.82 Å². The molecule has 412 valence electrons. The van der Waals surface area contributed by atoms with E-state index in [2.05, 4.69) is 46.3 Å². The van der Waals surface area contributed by atoms with Crippen molar-refractivity contribution in [3.8, 4) is 43.4 Å². The average Bonchev–Trinajstić information content (AvgIpc) is 4.41. The fraction of sp³-hybridized carbons (Fsp3) is 0.306. The van der Waals surface area contributed by atoms with Crippen LogP contribution in [-0.2, 0) is 31.0 Å². The number of aliphatic hydroxyl groups excluding tert-OH is 1. The van der Waals surface area contributed by atoms with Crippen LogP contribution in [0.3, 0.4) is 0 Å².